The summed E-state index contributed by atoms with van der Waals surface area (Å²) in [6.07, 6.45) is 5.07. The molecule has 0 atom stereocenters. The Morgan fingerprint density at radius 2 is 2.03 bits per heavy atom. The molecular formula is C22H23ClFN5O. The Kier molecular flexibility index (Phi) is 5.39. The normalized spacial score (nSPS) is 17.9. The zero-order chi connectivity index (χ0) is 20.5. The number of benzene rings is 1. The summed E-state index contributed by atoms with van der Waals surface area (Å²) in [4.78, 5) is 13.9. The standard InChI is InChI=1S/C22H23ClFN5O/c23-19-13-17(24)7-6-16(19)14-28-9-2-10-29(12-11-28)21-18(3-1-8-25-21)22-26-20(27-30-22)15-4-5-15/h1,3,6-8,13,15H,2,4-5,9-12,14H2. The third-order valence-corrected chi connectivity index (χ3v) is 6.05. The van der Waals surface area contributed by atoms with E-state index >= 15 is 0 Å². The van der Waals surface area contributed by atoms with E-state index in [4.69, 9.17) is 16.1 Å². The van der Waals surface area contributed by atoms with Crippen LogP contribution in [0, 0.1) is 5.82 Å². The maximum Gasteiger partial charge on any atom is 0.261 e. The summed E-state index contributed by atoms with van der Waals surface area (Å²) in [5, 5.41) is 4.63. The van der Waals surface area contributed by atoms with Gasteiger partial charge >= 0.3 is 0 Å². The highest BCUT2D eigenvalue weighted by atomic mass is 35.5. The van der Waals surface area contributed by atoms with Crippen LogP contribution in [-0.4, -0.2) is 46.2 Å². The van der Waals surface area contributed by atoms with Crippen LogP contribution in [0.25, 0.3) is 11.5 Å². The van der Waals surface area contributed by atoms with E-state index in [1.807, 2.05) is 12.1 Å². The maximum atomic E-state index is 13.3. The average molecular weight is 428 g/mol. The van der Waals surface area contributed by atoms with Crippen LogP contribution in [0.5, 0.6) is 0 Å². The molecule has 0 N–H and O–H groups in total. The van der Waals surface area contributed by atoms with Crippen molar-refractivity contribution in [1.82, 2.24) is 20.0 Å². The molecule has 0 radical (unpaired) electrons. The van der Waals surface area contributed by atoms with E-state index in [1.165, 1.54) is 12.1 Å². The number of nitrogens with zero attached hydrogens (tertiary/aromatic N) is 5. The van der Waals surface area contributed by atoms with Crippen LogP contribution >= 0.6 is 11.6 Å². The van der Waals surface area contributed by atoms with Crippen molar-refractivity contribution in [3.63, 3.8) is 0 Å². The number of anilines is 1. The van der Waals surface area contributed by atoms with Gasteiger partial charge in [-0.05, 0) is 49.1 Å². The summed E-state index contributed by atoms with van der Waals surface area (Å²) >= 11 is 6.22. The molecule has 1 aliphatic heterocycles. The lowest BCUT2D eigenvalue weighted by Crippen LogP contribution is -2.31. The Morgan fingerprint density at radius 3 is 2.87 bits per heavy atom. The number of pyridine rings is 1. The quantitative estimate of drug-likeness (QED) is 0.597. The predicted octanol–water partition coefficient (Wildman–Crippen LogP) is 4.51. The highest BCUT2D eigenvalue weighted by molar-refractivity contribution is 6.31. The molecule has 5 rings (SSSR count). The largest absolute Gasteiger partial charge is 0.355 e. The van der Waals surface area contributed by atoms with Gasteiger partial charge in [-0.3, -0.25) is 4.90 Å². The van der Waals surface area contributed by atoms with Crippen molar-refractivity contribution in [3.05, 3.63) is 58.8 Å². The van der Waals surface area contributed by atoms with Gasteiger partial charge in [0.2, 0.25) is 0 Å². The van der Waals surface area contributed by atoms with Crippen molar-refractivity contribution in [2.45, 2.75) is 31.7 Å². The van der Waals surface area contributed by atoms with Gasteiger partial charge in [-0.1, -0.05) is 22.8 Å². The second-order valence-corrected chi connectivity index (χ2v) is 8.37. The van der Waals surface area contributed by atoms with Crippen LogP contribution in [-0.2, 0) is 6.54 Å². The van der Waals surface area contributed by atoms with Crippen molar-refractivity contribution >= 4 is 17.4 Å². The Labute approximate surface area is 179 Å². The van der Waals surface area contributed by atoms with Crippen molar-refractivity contribution in [2.24, 2.45) is 0 Å². The minimum Gasteiger partial charge on any atom is -0.355 e. The predicted molar refractivity (Wildman–Crippen MR) is 113 cm³/mol. The topological polar surface area (TPSA) is 58.3 Å². The van der Waals surface area contributed by atoms with E-state index in [1.54, 1.807) is 12.3 Å². The fourth-order valence-corrected chi connectivity index (χ4v) is 4.13. The Balaban J connectivity index is 1.31. The molecule has 2 fully saturated rings. The molecule has 3 aromatic rings. The summed E-state index contributed by atoms with van der Waals surface area (Å²) < 4.78 is 18.9. The number of rotatable bonds is 5. The Hall–Kier alpha value is -2.51. The lowest BCUT2D eigenvalue weighted by atomic mass is 10.2. The summed E-state index contributed by atoms with van der Waals surface area (Å²) in [6, 6.07) is 8.51. The van der Waals surface area contributed by atoms with Gasteiger partial charge in [-0.2, -0.15) is 4.98 Å². The SMILES string of the molecule is Fc1ccc(CN2CCCN(c3ncccc3-c3nc(C4CC4)no3)CC2)c(Cl)c1. The zero-order valence-corrected chi connectivity index (χ0v) is 17.4. The van der Waals surface area contributed by atoms with Crippen LogP contribution in [0.3, 0.4) is 0 Å². The van der Waals surface area contributed by atoms with Crippen molar-refractivity contribution < 1.29 is 8.91 Å². The van der Waals surface area contributed by atoms with Gasteiger partial charge in [0, 0.05) is 49.9 Å². The van der Waals surface area contributed by atoms with Crippen molar-refractivity contribution in [1.29, 1.82) is 0 Å². The molecule has 2 aliphatic rings. The van der Waals surface area contributed by atoms with Crippen LogP contribution in [0.15, 0.2) is 41.1 Å². The first-order valence-corrected chi connectivity index (χ1v) is 10.8. The highest BCUT2D eigenvalue weighted by Gasteiger charge is 2.30. The molecule has 3 heterocycles. The van der Waals surface area contributed by atoms with E-state index in [2.05, 4.69) is 24.9 Å². The van der Waals surface area contributed by atoms with Gasteiger partial charge in [0.05, 0.1) is 5.56 Å². The summed E-state index contributed by atoms with van der Waals surface area (Å²) in [7, 11) is 0. The van der Waals surface area contributed by atoms with Crippen LogP contribution in [0.2, 0.25) is 5.02 Å². The first kappa shape index (κ1) is 19.5. The van der Waals surface area contributed by atoms with E-state index in [0.29, 0.717) is 23.4 Å². The molecule has 0 amide bonds. The summed E-state index contributed by atoms with van der Waals surface area (Å²) in [6.45, 7) is 4.23. The van der Waals surface area contributed by atoms with Gasteiger partial charge in [-0.15, -0.1) is 0 Å². The summed E-state index contributed by atoms with van der Waals surface area (Å²) in [5.41, 5.74) is 1.83. The maximum absolute atomic E-state index is 13.3. The first-order chi connectivity index (χ1) is 14.7. The van der Waals surface area contributed by atoms with E-state index < -0.39 is 0 Å². The van der Waals surface area contributed by atoms with E-state index in [0.717, 1.165) is 68.2 Å². The highest BCUT2D eigenvalue weighted by Crippen LogP contribution is 2.39. The van der Waals surface area contributed by atoms with Crippen LogP contribution < -0.4 is 4.90 Å². The zero-order valence-electron chi connectivity index (χ0n) is 16.6. The molecule has 1 aliphatic carbocycles. The lowest BCUT2D eigenvalue weighted by molar-refractivity contribution is 0.285. The monoisotopic (exact) mass is 427 g/mol. The molecule has 1 saturated heterocycles. The smallest absolute Gasteiger partial charge is 0.261 e. The Morgan fingerprint density at radius 1 is 1.13 bits per heavy atom. The Bertz CT molecular complexity index is 1040. The number of halogens is 2. The fraction of sp³-hybridized carbons (Fsp3) is 0.409. The molecule has 0 unspecified atom stereocenters. The van der Waals surface area contributed by atoms with Crippen LogP contribution in [0.1, 0.15) is 36.6 Å². The molecule has 30 heavy (non-hydrogen) atoms. The van der Waals surface area contributed by atoms with Gasteiger partial charge in [0.1, 0.15) is 11.6 Å². The van der Waals surface area contributed by atoms with E-state index in [-0.39, 0.29) is 5.82 Å². The van der Waals surface area contributed by atoms with Crippen molar-refractivity contribution in [2.75, 3.05) is 31.1 Å². The van der Waals surface area contributed by atoms with Gasteiger partial charge in [0.15, 0.2) is 5.82 Å². The van der Waals surface area contributed by atoms with E-state index in [9.17, 15) is 4.39 Å². The molecule has 8 heteroatoms. The van der Waals surface area contributed by atoms with Gasteiger partial charge < -0.3 is 9.42 Å². The molecule has 1 aromatic carbocycles. The lowest BCUT2D eigenvalue weighted by Gasteiger charge is -2.24. The number of hydrogen-bond acceptors (Lipinski definition) is 6. The molecule has 0 spiro atoms. The molecule has 2 aromatic heterocycles. The van der Waals surface area contributed by atoms with Gasteiger partial charge in [-0.25, -0.2) is 9.37 Å². The van der Waals surface area contributed by atoms with Crippen molar-refractivity contribution in [3.8, 4) is 11.5 Å². The molecular weight excluding hydrogens is 405 g/mol. The second kappa shape index (κ2) is 8.32. The minimum atomic E-state index is -0.306. The van der Waals surface area contributed by atoms with Gasteiger partial charge in [0.25, 0.3) is 5.89 Å². The fourth-order valence-electron chi connectivity index (χ4n) is 3.90. The van der Waals surface area contributed by atoms with Crippen LogP contribution in [0.4, 0.5) is 10.2 Å². The third kappa shape index (κ3) is 4.18. The average Bonchev–Trinajstić information content (AvgIpc) is 3.53. The number of aromatic nitrogens is 3. The third-order valence-electron chi connectivity index (χ3n) is 5.70. The first-order valence-electron chi connectivity index (χ1n) is 10.4. The number of hydrogen-bond donors (Lipinski definition) is 0. The molecule has 0 bridgehead atoms. The second-order valence-electron chi connectivity index (χ2n) is 7.96. The summed E-state index contributed by atoms with van der Waals surface area (Å²) in [5.74, 6) is 2.37. The molecule has 6 nitrogen and oxygen atoms in total. The molecule has 1 saturated carbocycles. The molecule has 156 valence electrons. The minimum absolute atomic E-state index is 0.306.